The van der Waals surface area contributed by atoms with E-state index in [0.717, 1.165) is 29.6 Å². The number of hydrogen-bond acceptors (Lipinski definition) is 4. The topological polar surface area (TPSA) is 62.5 Å². The largest absolute Gasteiger partial charge is 0.443 e. The Balaban J connectivity index is 0.00000225. The standard InChI is InChI=1S/C21H24N4OS.HI/c1-2-22-20(24-15-21(10-11-21)16-7-4-3-5-8-16)23-13-17-14-26-19(25-17)18-9-6-12-27-18;/h3-9,12,14H,2,10-11,13,15H2,1H3,(H2,22,23,24);1H. The van der Waals surface area contributed by atoms with Crippen LogP contribution in [0.2, 0.25) is 0 Å². The maximum Gasteiger partial charge on any atom is 0.236 e. The highest BCUT2D eigenvalue weighted by Gasteiger charge is 2.43. The van der Waals surface area contributed by atoms with Gasteiger partial charge in [-0.05, 0) is 36.8 Å². The second-order valence-corrected chi connectivity index (χ2v) is 7.76. The Morgan fingerprint density at radius 2 is 2.00 bits per heavy atom. The van der Waals surface area contributed by atoms with E-state index >= 15 is 0 Å². The van der Waals surface area contributed by atoms with Gasteiger partial charge >= 0.3 is 0 Å². The zero-order valence-electron chi connectivity index (χ0n) is 15.9. The van der Waals surface area contributed by atoms with Crippen molar-refractivity contribution < 1.29 is 4.42 Å². The summed E-state index contributed by atoms with van der Waals surface area (Å²) in [5, 5.41) is 8.85. The molecule has 1 aromatic carbocycles. The zero-order chi connectivity index (χ0) is 18.5. The van der Waals surface area contributed by atoms with E-state index in [9.17, 15) is 0 Å². The molecule has 1 fully saturated rings. The molecule has 7 heteroatoms. The van der Waals surface area contributed by atoms with E-state index < -0.39 is 0 Å². The van der Waals surface area contributed by atoms with E-state index in [4.69, 9.17) is 4.42 Å². The predicted molar refractivity (Wildman–Crippen MR) is 125 cm³/mol. The van der Waals surface area contributed by atoms with Crippen molar-refractivity contribution in [2.24, 2.45) is 4.99 Å². The Morgan fingerprint density at radius 1 is 1.18 bits per heavy atom. The van der Waals surface area contributed by atoms with Crippen molar-refractivity contribution in [3.05, 3.63) is 65.4 Å². The molecule has 2 heterocycles. The molecule has 1 aliphatic rings. The number of nitrogens with zero attached hydrogens (tertiary/aromatic N) is 2. The Morgan fingerprint density at radius 3 is 2.68 bits per heavy atom. The van der Waals surface area contributed by atoms with Gasteiger partial charge in [0, 0.05) is 18.5 Å². The molecule has 0 unspecified atom stereocenters. The minimum atomic E-state index is 0. The second kappa shape index (κ2) is 9.56. The Kier molecular flexibility index (Phi) is 7.12. The van der Waals surface area contributed by atoms with Gasteiger partial charge in [-0.1, -0.05) is 36.4 Å². The number of nitrogens with one attached hydrogen (secondary N) is 2. The van der Waals surface area contributed by atoms with E-state index in [1.807, 2.05) is 17.5 Å². The second-order valence-electron chi connectivity index (χ2n) is 6.82. The molecule has 3 aromatic rings. The van der Waals surface area contributed by atoms with Crippen molar-refractivity contribution in [2.45, 2.75) is 31.7 Å². The summed E-state index contributed by atoms with van der Waals surface area (Å²) in [6.45, 7) is 4.28. The smallest absolute Gasteiger partial charge is 0.236 e. The first-order valence-corrected chi connectivity index (χ1v) is 10.2. The number of benzene rings is 1. The molecule has 1 aliphatic carbocycles. The van der Waals surface area contributed by atoms with Crippen molar-refractivity contribution in [2.75, 3.05) is 13.1 Å². The Bertz CT molecular complexity index is 888. The van der Waals surface area contributed by atoms with Crippen molar-refractivity contribution in [3.8, 4) is 10.8 Å². The first-order chi connectivity index (χ1) is 13.3. The van der Waals surface area contributed by atoms with Crippen LogP contribution in [0.15, 0.2) is 63.5 Å². The van der Waals surface area contributed by atoms with Crippen molar-refractivity contribution in [3.63, 3.8) is 0 Å². The molecule has 28 heavy (non-hydrogen) atoms. The minimum Gasteiger partial charge on any atom is -0.443 e. The average Bonchev–Trinajstić information content (AvgIpc) is 3.10. The van der Waals surface area contributed by atoms with Gasteiger partial charge in [0.1, 0.15) is 12.0 Å². The van der Waals surface area contributed by atoms with Crippen LogP contribution < -0.4 is 10.6 Å². The molecule has 148 valence electrons. The van der Waals surface area contributed by atoms with E-state index in [0.29, 0.717) is 12.4 Å². The van der Waals surface area contributed by atoms with Gasteiger partial charge in [0.25, 0.3) is 0 Å². The lowest BCUT2D eigenvalue weighted by Crippen LogP contribution is -2.41. The highest BCUT2D eigenvalue weighted by molar-refractivity contribution is 14.0. The van der Waals surface area contributed by atoms with E-state index in [1.165, 1.54) is 18.4 Å². The van der Waals surface area contributed by atoms with Gasteiger partial charge < -0.3 is 15.1 Å². The van der Waals surface area contributed by atoms with Crippen molar-refractivity contribution in [1.82, 2.24) is 15.6 Å². The fourth-order valence-electron chi connectivity index (χ4n) is 3.16. The highest BCUT2D eigenvalue weighted by Crippen LogP contribution is 2.47. The fraction of sp³-hybridized carbons (Fsp3) is 0.333. The van der Waals surface area contributed by atoms with Gasteiger partial charge in [-0.15, -0.1) is 35.3 Å². The van der Waals surface area contributed by atoms with Crippen LogP contribution in [0.5, 0.6) is 0 Å². The molecule has 1 saturated carbocycles. The number of thiophene rings is 1. The molecule has 0 amide bonds. The first kappa shape index (κ1) is 20.9. The third-order valence-corrected chi connectivity index (χ3v) is 5.72. The first-order valence-electron chi connectivity index (χ1n) is 9.35. The van der Waals surface area contributed by atoms with Crippen LogP contribution in [0.3, 0.4) is 0 Å². The molecule has 0 radical (unpaired) electrons. The molecular weight excluding hydrogens is 483 g/mol. The summed E-state index contributed by atoms with van der Waals surface area (Å²) < 4.78 is 5.57. The SMILES string of the molecule is CCNC(=NCc1coc(-c2cccs2)n1)NCC1(c2ccccc2)CC1.I. The number of aromatic nitrogens is 1. The lowest BCUT2D eigenvalue weighted by atomic mass is 9.96. The van der Waals surface area contributed by atoms with Gasteiger partial charge in [-0.3, -0.25) is 0 Å². The molecule has 4 rings (SSSR count). The maximum atomic E-state index is 5.57. The van der Waals surface area contributed by atoms with Crippen molar-refractivity contribution in [1.29, 1.82) is 0 Å². The van der Waals surface area contributed by atoms with Gasteiger partial charge in [0.2, 0.25) is 5.89 Å². The summed E-state index contributed by atoms with van der Waals surface area (Å²) in [5.41, 5.74) is 2.49. The number of aliphatic imine (C=N–C) groups is 1. The third kappa shape index (κ3) is 4.94. The molecule has 2 aromatic heterocycles. The molecule has 2 N–H and O–H groups in total. The fourth-order valence-corrected chi connectivity index (χ4v) is 3.81. The summed E-state index contributed by atoms with van der Waals surface area (Å²) >= 11 is 1.62. The van der Waals surface area contributed by atoms with Gasteiger partial charge in [-0.25, -0.2) is 9.98 Å². The normalized spacial score (nSPS) is 15.0. The maximum absolute atomic E-state index is 5.57. The minimum absolute atomic E-state index is 0. The monoisotopic (exact) mass is 508 g/mol. The van der Waals surface area contributed by atoms with Crippen LogP contribution >= 0.6 is 35.3 Å². The lowest BCUT2D eigenvalue weighted by molar-refractivity contribution is 0.574. The lowest BCUT2D eigenvalue weighted by Gasteiger charge is -2.19. The summed E-state index contributed by atoms with van der Waals surface area (Å²) in [6, 6.07) is 14.7. The van der Waals surface area contributed by atoms with E-state index in [1.54, 1.807) is 17.6 Å². The molecule has 0 bridgehead atoms. The van der Waals surface area contributed by atoms with Gasteiger partial charge in [0.05, 0.1) is 11.4 Å². The number of rotatable bonds is 7. The Labute approximate surface area is 186 Å². The van der Waals surface area contributed by atoms with Crippen LogP contribution in [0, 0.1) is 0 Å². The summed E-state index contributed by atoms with van der Waals surface area (Å²) in [5.74, 6) is 1.48. The summed E-state index contributed by atoms with van der Waals surface area (Å²) in [7, 11) is 0. The number of hydrogen-bond donors (Lipinski definition) is 2. The zero-order valence-corrected chi connectivity index (χ0v) is 19.0. The molecule has 0 aliphatic heterocycles. The van der Waals surface area contributed by atoms with Crippen LogP contribution in [0.4, 0.5) is 0 Å². The molecular formula is C21H25IN4OS. The van der Waals surface area contributed by atoms with Crippen LogP contribution in [-0.2, 0) is 12.0 Å². The van der Waals surface area contributed by atoms with Crippen LogP contribution in [0.1, 0.15) is 31.0 Å². The van der Waals surface area contributed by atoms with Gasteiger partial charge in [0.15, 0.2) is 5.96 Å². The number of oxazole rings is 1. The summed E-state index contributed by atoms with van der Waals surface area (Å²) in [6.07, 6.45) is 4.13. The Hall–Kier alpha value is -1.87. The average molecular weight is 508 g/mol. The van der Waals surface area contributed by atoms with Gasteiger partial charge in [-0.2, -0.15) is 0 Å². The van der Waals surface area contributed by atoms with E-state index in [-0.39, 0.29) is 29.4 Å². The molecule has 0 saturated heterocycles. The molecule has 0 atom stereocenters. The van der Waals surface area contributed by atoms with Crippen LogP contribution in [-0.4, -0.2) is 24.0 Å². The molecule has 5 nitrogen and oxygen atoms in total. The van der Waals surface area contributed by atoms with Crippen LogP contribution in [0.25, 0.3) is 10.8 Å². The van der Waals surface area contributed by atoms with Crippen molar-refractivity contribution >= 4 is 41.3 Å². The molecule has 0 spiro atoms. The number of halogens is 1. The quantitative estimate of drug-likeness (QED) is 0.273. The number of guanidine groups is 1. The van der Waals surface area contributed by atoms with E-state index in [2.05, 4.69) is 57.9 Å². The summed E-state index contributed by atoms with van der Waals surface area (Å²) in [4.78, 5) is 10.2. The highest BCUT2D eigenvalue weighted by atomic mass is 127. The predicted octanol–water partition coefficient (Wildman–Crippen LogP) is 4.81. The third-order valence-electron chi connectivity index (χ3n) is 4.86.